The van der Waals surface area contributed by atoms with E-state index in [0.29, 0.717) is 6.54 Å². The Bertz CT molecular complexity index is 838. The molecule has 0 spiro atoms. The standard InChI is InChI=1S/C17H17N3O2/c1-11-14(8-16(21)22)12(2)19-17-15(11)9-18-20(17)10-13-6-4-3-5-7-13/h3-7,9H,8,10H2,1-2H3,(H,21,22). The summed E-state index contributed by atoms with van der Waals surface area (Å²) in [4.78, 5) is 15.6. The molecule has 0 amide bonds. The third-order valence-corrected chi connectivity index (χ3v) is 3.88. The van der Waals surface area contributed by atoms with E-state index >= 15 is 0 Å². The molecule has 1 N–H and O–H groups in total. The van der Waals surface area contributed by atoms with E-state index in [1.807, 2.05) is 48.9 Å². The van der Waals surface area contributed by atoms with E-state index in [9.17, 15) is 4.79 Å². The van der Waals surface area contributed by atoms with E-state index in [2.05, 4.69) is 10.1 Å². The molecule has 1 aromatic carbocycles. The molecular weight excluding hydrogens is 278 g/mol. The Labute approximate surface area is 128 Å². The zero-order chi connectivity index (χ0) is 15.7. The molecule has 0 atom stereocenters. The molecule has 2 heterocycles. The first-order valence-corrected chi connectivity index (χ1v) is 7.13. The molecular formula is C17H17N3O2. The maximum absolute atomic E-state index is 11.0. The van der Waals surface area contributed by atoms with Crippen LogP contribution in [0.15, 0.2) is 36.5 Å². The summed E-state index contributed by atoms with van der Waals surface area (Å²) < 4.78 is 1.86. The fourth-order valence-corrected chi connectivity index (χ4v) is 2.71. The number of rotatable bonds is 4. The minimum Gasteiger partial charge on any atom is -0.481 e. The molecule has 0 radical (unpaired) electrons. The average molecular weight is 295 g/mol. The third kappa shape index (κ3) is 2.57. The van der Waals surface area contributed by atoms with Crippen molar-refractivity contribution in [3.63, 3.8) is 0 Å². The summed E-state index contributed by atoms with van der Waals surface area (Å²) in [6.45, 7) is 4.43. The number of carboxylic acid groups (broad SMARTS) is 1. The molecule has 3 rings (SSSR count). The van der Waals surface area contributed by atoms with Crippen molar-refractivity contribution in [2.24, 2.45) is 0 Å². The van der Waals surface area contributed by atoms with Gasteiger partial charge in [0.1, 0.15) is 0 Å². The lowest BCUT2D eigenvalue weighted by molar-refractivity contribution is -0.136. The first-order valence-electron chi connectivity index (χ1n) is 7.13. The van der Waals surface area contributed by atoms with Crippen molar-refractivity contribution in [1.29, 1.82) is 0 Å². The molecule has 5 heteroatoms. The molecule has 5 nitrogen and oxygen atoms in total. The second kappa shape index (κ2) is 5.60. The van der Waals surface area contributed by atoms with Gasteiger partial charge in [-0.2, -0.15) is 5.10 Å². The summed E-state index contributed by atoms with van der Waals surface area (Å²) in [6, 6.07) is 10.1. The van der Waals surface area contributed by atoms with Gasteiger partial charge in [0.2, 0.25) is 0 Å². The molecule has 0 aliphatic rings. The summed E-state index contributed by atoms with van der Waals surface area (Å²) in [5.74, 6) is -0.843. The topological polar surface area (TPSA) is 68.0 Å². The molecule has 0 aliphatic carbocycles. The van der Waals surface area contributed by atoms with Crippen LogP contribution in [0.25, 0.3) is 11.0 Å². The molecule has 0 saturated heterocycles. The van der Waals surface area contributed by atoms with E-state index in [1.54, 1.807) is 6.20 Å². The zero-order valence-electron chi connectivity index (χ0n) is 12.6. The van der Waals surface area contributed by atoms with Crippen molar-refractivity contribution in [3.8, 4) is 0 Å². The van der Waals surface area contributed by atoms with E-state index in [0.717, 1.165) is 33.4 Å². The van der Waals surface area contributed by atoms with Crippen LogP contribution in [0.4, 0.5) is 0 Å². The summed E-state index contributed by atoms with van der Waals surface area (Å²) in [7, 11) is 0. The number of aromatic nitrogens is 3. The van der Waals surface area contributed by atoms with Gasteiger partial charge in [-0.05, 0) is 30.5 Å². The maximum atomic E-state index is 11.0. The SMILES string of the molecule is Cc1nc2c(cnn2Cc2ccccc2)c(C)c1CC(=O)O. The van der Waals surface area contributed by atoms with Crippen LogP contribution >= 0.6 is 0 Å². The van der Waals surface area contributed by atoms with Crippen LogP contribution in [-0.4, -0.2) is 25.8 Å². The van der Waals surface area contributed by atoms with Crippen molar-refractivity contribution in [2.45, 2.75) is 26.8 Å². The second-order valence-electron chi connectivity index (χ2n) is 5.40. The second-order valence-corrected chi connectivity index (χ2v) is 5.40. The molecule has 2 aromatic heterocycles. The van der Waals surface area contributed by atoms with Crippen molar-refractivity contribution >= 4 is 17.0 Å². The first kappa shape index (κ1) is 14.3. The Hall–Kier alpha value is -2.69. The van der Waals surface area contributed by atoms with Crippen molar-refractivity contribution < 1.29 is 9.90 Å². The monoisotopic (exact) mass is 295 g/mol. The van der Waals surface area contributed by atoms with Crippen LogP contribution in [0.3, 0.4) is 0 Å². The molecule has 3 aromatic rings. The first-order chi connectivity index (χ1) is 10.6. The molecule has 0 bridgehead atoms. The number of carboxylic acids is 1. The van der Waals surface area contributed by atoms with Gasteiger partial charge in [-0.1, -0.05) is 30.3 Å². The van der Waals surface area contributed by atoms with E-state index in [-0.39, 0.29) is 6.42 Å². The van der Waals surface area contributed by atoms with E-state index in [4.69, 9.17) is 5.11 Å². The van der Waals surface area contributed by atoms with E-state index in [1.165, 1.54) is 0 Å². The van der Waals surface area contributed by atoms with E-state index < -0.39 is 5.97 Å². The number of nitrogens with zero attached hydrogens (tertiary/aromatic N) is 3. The van der Waals surface area contributed by atoms with Gasteiger partial charge in [-0.3, -0.25) is 4.79 Å². The quantitative estimate of drug-likeness (QED) is 0.803. The molecule has 0 saturated carbocycles. The summed E-state index contributed by atoms with van der Waals surface area (Å²) in [5, 5.41) is 14.4. The molecule has 0 unspecified atom stereocenters. The number of carbonyl (C=O) groups is 1. The van der Waals surface area contributed by atoms with Gasteiger partial charge in [0.15, 0.2) is 5.65 Å². The predicted octanol–water partition coefficient (Wildman–Crippen LogP) is 2.72. The summed E-state index contributed by atoms with van der Waals surface area (Å²) >= 11 is 0. The number of aliphatic carboxylic acids is 1. The van der Waals surface area contributed by atoms with Crippen LogP contribution in [0.5, 0.6) is 0 Å². The predicted molar refractivity (Wildman–Crippen MR) is 83.9 cm³/mol. The van der Waals surface area contributed by atoms with Crippen LogP contribution in [0.2, 0.25) is 0 Å². The zero-order valence-corrected chi connectivity index (χ0v) is 12.6. The fourth-order valence-electron chi connectivity index (χ4n) is 2.71. The van der Waals surface area contributed by atoms with Gasteiger partial charge in [-0.15, -0.1) is 0 Å². The van der Waals surface area contributed by atoms with Crippen LogP contribution in [0, 0.1) is 13.8 Å². The number of hydrogen-bond donors (Lipinski definition) is 1. The van der Waals surface area contributed by atoms with Gasteiger partial charge in [0.05, 0.1) is 19.2 Å². The van der Waals surface area contributed by atoms with Gasteiger partial charge in [0, 0.05) is 11.1 Å². The lowest BCUT2D eigenvalue weighted by atomic mass is 10.0. The number of aryl methyl sites for hydroxylation is 2. The van der Waals surface area contributed by atoms with Gasteiger partial charge in [-0.25, -0.2) is 9.67 Å². The molecule has 22 heavy (non-hydrogen) atoms. The number of pyridine rings is 1. The normalized spacial score (nSPS) is 11.0. The van der Waals surface area contributed by atoms with Crippen molar-refractivity contribution in [3.05, 3.63) is 58.9 Å². The summed E-state index contributed by atoms with van der Waals surface area (Å²) in [5.41, 5.74) is 4.43. The maximum Gasteiger partial charge on any atom is 0.307 e. The highest BCUT2D eigenvalue weighted by Crippen LogP contribution is 2.23. The highest BCUT2D eigenvalue weighted by Gasteiger charge is 2.15. The van der Waals surface area contributed by atoms with Crippen molar-refractivity contribution in [2.75, 3.05) is 0 Å². The minimum atomic E-state index is -0.843. The largest absolute Gasteiger partial charge is 0.481 e. The Morgan fingerprint density at radius 2 is 1.95 bits per heavy atom. The Balaban J connectivity index is 2.06. The number of fused-ring (bicyclic) bond motifs is 1. The van der Waals surface area contributed by atoms with Crippen LogP contribution < -0.4 is 0 Å². The Kier molecular flexibility index (Phi) is 3.63. The highest BCUT2D eigenvalue weighted by molar-refractivity contribution is 5.82. The molecule has 0 fully saturated rings. The van der Waals surface area contributed by atoms with Gasteiger partial charge < -0.3 is 5.11 Å². The number of benzene rings is 1. The molecule has 112 valence electrons. The van der Waals surface area contributed by atoms with Gasteiger partial charge in [0.25, 0.3) is 0 Å². The average Bonchev–Trinajstić information content (AvgIpc) is 2.87. The summed E-state index contributed by atoms with van der Waals surface area (Å²) in [6.07, 6.45) is 1.76. The lowest BCUT2D eigenvalue weighted by Crippen LogP contribution is -2.08. The minimum absolute atomic E-state index is 0.00945. The highest BCUT2D eigenvalue weighted by atomic mass is 16.4. The van der Waals surface area contributed by atoms with Crippen LogP contribution in [0.1, 0.15) is 22.4 Å². The van der Waals surface area contributed by atoms with Crippen LogP contribution in [-0.2, 0) is 17.8 Å². The third-order valence-electron chi connectivity index (χ3n) is 3.88. The smallest absolute Gasteiger partial charge is 0.307 e. The van der Waals surface area contributed by atoms with Gasteiger partial charge >= 0.3 is 5.97 Å². The number of hydrogen-bond acceptors (Lipinski definition) is 3. The van der Waals surface area contributed by atoms with Crippen molar-refractivity contribution in [1.82, 2.24) is 14.8 Å². The Morgan fingerprint density at radius 3 is 2.64 bits per heavy atom. The lowest BCUT2D eigenvalue weighted by Gasteiger charge is -2.09. The fraction of sp³-hybridized carbons (Fsp3) is 0.235. The molecule has 0 aliphatic heterocycles. The Morgan fingerprint density at radius 1 is 1.23 bits per heavy atom.